The topological polar surface area (TPSA) is 107 Å². The first kappa shape index (κ1) is 20.0. The van der Waals surface area contributed by atoms with Gasteiger partial charge in [0.05, 0.1) is 29.0 Å². The molecule has 0 spiro atoms. The van der Waals surface area contributed by atoms with Gasteiger partial charge < -0.3 is 14.4 Å². The molecule has 1 N–H and O–H groups in total. The number of fused-ring (bicyclic) bond motifs is 5. The van der Waals surface area contributed by atoms with E-state index in [2.05, 4.69) is 9.97 Å². The average molecular weight is 428 g/mol. The maximum Gasteiger partial charge on any atom is 0.343 e. The molecule has 6 rings (SSSR count). The molecule has 160 valence electrons. The maximum absolute atomic E-state index is 13.0. The first-order valence-corrected chi connectivity index (χ1v) is 10.3. The van der Waals surface area contributed by atoms with Crippen molar-refractivity contribution < 1.29 is 14.6 Å². The SMILES string of the molecule is CCC1(O)C(=O)OCc2c1cc1n(c2=O)Cc2cc3ccccc3nc2-1.c1cncnc1. The van der Waals surface area contributed by atoms with Crippen LogP contribution in [0, 0.1) is 0 Å². The van der Waals surface area contributed by atoms with E-state index in [9.17, 15) is 14.7 Å². The molecule has 4 aromatic rings. The second-order valence-electron chi connectivity index (χ2n) is 7.70. The number of para-hydroxylation sites is 1. The van der Waals surface area contributed by atoms with Crippen molar-refractivity contribution in [1.29, 1.82) is 0 Å². The Bertz CT molecular complexity index is 1370. The minimum Gasteiger partial charge on any atom is -0.458 e. The van der Waals surface area contributed by atoms with Gasteiger partial charge in [0.25, 0.3) is 5.56 Å². The van der Waals surface area contributed by atoms with Gasteiger partial charge in [-0.25, -0.2) is 19.7 Å². The van der Waals surface area contributed by atoms with Crippen LogP contribution in [0.25, 0.3) is 22.3 Å². The predicted molar refractivity (Wildman–Crippen MR) is 117 cm³/mol. The summed E-state index contributed by atoms with van der Waals surface area (Å²) in [5.74, 6) is -0.707. The van der Waals surface area contributed by atoms with Crippen molar-refractivity contribution in [2.24, 2.45) is 0 Å². The first-order chi connectivity index (χ1) is 15.5. The van der Waals surface area contributed by atoms with E-state index in [0.29, 0.717) is 23.4 Å². The number of rotatable bonds is 1. The molecule has 2 aliphatic rings. The lowest BCUT2D eigenvalue weighted by atomic mass is 9.86. The standard InChI is InChI=1S/C20H16N2O4.C4H4N2/c1-2-20(25)14-8-16-17-12(7-11-5-3-4-6-15(11)21-17)9-22(16)18(23)13(14)10-26-19(20)24;1-2-5-4-6-3-1/h3-8,25H,2,9-10H2,1H3;1-4H. The Morgan fingerprint density at radius 3 is 2.59 bits per heavy atom. The number of pyridine rings is 2. The fourth-order valence-corrected chi connectivity index (χ4v) is 4.18. The Labute approximate surface area is 183 Å². The van der Waals surface area contributed by atoms with Gasteiger partial charge >= 0.3 is 5.97 Å². The number of hydrogen-bond acceptors (Lipinski definition) is 7. The Morgan fingerprint density at radius 1 is 1.12 bits per heavy atom. The molecule has 0 aliphatic carbocycles. The van der Waals surface area contributed by atoms with Crippen molar-refractivity contribution in [2.45, 2.75) is 32.1 Å². The van der Waals surface area contributed by atoms with Gasteiger partial charge in [-0.3, -0.25) is 4.79 Å². The Hall–Kier alpha value is -3.91. The van der Waals surface area contributed by atoms with E-state index in [-0.39, 0.29) is 18.6 Å². The zero-order valence-electron chi connectivity index (χ0n) is 17.4. The van der Waals surface area contributed by atoms with Crippen molar-refractivity contribution in [1.82, 2.24) is 19.5 Å². The van der Waals surface area contributed by atoms with E-state index in [4.69, 9.17) is 9.72 Å². The van der Waals surface area contributed by atoms with Crippen molar-refractivity contribution >= 4 is 16.9 Å². The zero-order valence-corrected chi connectivity index (χ0v) is 17.4. The van der Waals surface area contributed by atoms with Gasteiger partial charge in [-0.1, -0.05) is 25.1 Å². The summed E-state index contributed by atoms with van der Waals surface area (Å²) in [6.07, 6.45) is 5.01. The van der Waals surface area contributed by atoms with E-state index >= 15 is 0 Å². The minimum atomic E-state index is -1.79. The molecule has 0 radical (unpaired) electrons. The summed E-state index contributed by atoms with van der Waals surface area (Å²) in [6, 6.07) is 13.3. The molecule has 0 amide bonds. The second-order valence-corrected chi connectivity index (χ2v) is 7.70. The molecule has 2 aliphatic heterocycles. The van der Waals surface area contributed by atoms with Crippen LogP contribution in [0.15, 0.2) is 66.0 Å². The van der Waals surface area contributed by atoms with Crippen molar-refractivity contribution in [3.8, 4) is 11.4 Å². The van der Waals surface area contributed by atoms with Gasteiger partial charge in [0.2, 0.25) is 0 Å². The molecule has 1 aromatic carbocycles. The number of esters is 1. The highest BCUT2D eigenvalue weighted by atomic mass is 16.6. The summed E-state index contributed by atoms with van der Waals surface area (Å²) in [7, 11) is 0. The highest BCUT2D eigenvalue weighted by Crippen LogP contribution is 2.38. The number of aromatic nitrogens is 4. The summed E-state index contributed by atoms with van der Waals surface area (Å²) >= 11 is 0. The number of carbonyl (C=O) groups is 1. The van der Waals surface area contributed by atoms with Gasteiger partial charge in [-0.15, -0.1) is 0 Å². The minimum absolute atomic E-state index is 0.110. The highest BCUT2D eigenvalue weighted by Gasteiger charge is 2.45. The summed E-state index contributed by atoms with van der Waals surface area (Å²) in [5.41, 5.74) is 1.81. The van der Waals surface area contributed by atoms with Gasteiger partial charge in [0.1, 0.15) is 12.9 Å². The molecule has 0 fully saturated rings. The largest absolute Gasteiger partial charge is 0.458 e. The fraction of sp³-hybridized carbons (Fsp3) is 0.208. The van der Waals surface area contributed by atoms with Crippen molar-refractivity contribution in [2.75, 3.05) is 0 Å². The first-order valence-electron chi connectivity index (χ1n) is 10.3. The van der Waals surface area contributed by atoms with Crippen LogP contribution < -0.4 is 5.56 Å². The van der Waals surface area contributed by atoms with Crippen molar-refractivity contribution in [3.63, 3.8) is 0 Å². The van der Waals surface area contributed by atoms with Crippen LogP contribution in [-0.4, -0.2) is 30.6 Å². The summed E-state index contributed by atoms with van der Waals surface area (Å²) in [5, 5.41) is 11.8. The zero-order chi connectivity index (χ0) is 22.3. The molecule has 32 heavy (non-hydrogen) atoms. The second kappa shape index (κ2) is 7.65. The van der Waals surface area contributed by atoms with Crippen LogP contribution in [-0.2, 0) is 28.3 Å². The fourth-order valence-electron chi connectivity index (χ4n) is 4.18. The van der Waals surface area contributed by atoms with Crippen LogP contribution >= 0.6 is 0 Å². The van der Waals surface area contributed by atoms with Crippen LogP contribution in [0.1, 0.15) is 30.0 Å². The predicted octanol–water partition coefficient (Wildman–Crippen LogP) is 2.56. The van der Waals surface area contributed by atoms with Gasteiger partial charge in [0.15, 0.2) is 5.60 Å². The van der Waals surface area contributed by atoms with E-state index in [1.165, 1.54) is 6.33 Å². The smallest absolute Gasteiger partial charge is 0.343 e. The molecule has 0 saturated carbocycles. The molecule has 3 aromatic heterocycles. The van der Waals surface area contributed by atoms with Crippen LogP contribution in [0.5, 0.6) is 0 Å². The molecular formula is C24H20N4O4. The molecule has 1 atom stereocenters. The molecule has 0 saturated heterocycles. The average Bonchev–Trinajstić information content (AvgIpc) is 3.20. The van der Waals surface area contributed by atoms with Crippen LogP contribution in [0.4, 0.5) is 0 Å². The number of nitrogens with zero attached hydrogens (tertiary/aromatic N) is 4. The number of ether oxygens (including phenoxy) is 1. The third-order valence-corrected chi connectivity index (χ3v) is 5.89. The number of hydrogen-bond donors (Lipinski definition) is 1. The van der Waals surface area contributed by atoms with E-state index in [0.717, 1.165) is 22.2 Å². The van der Waals surface area contributed by atoms with E-state index in [1.54, 1.807) is 36.0 Å². The summed E-state index contributed by atoms with van der Waals surface area (Å²) < 4.78 is 6.72. The maximum atomic E-state index is 13.0. The van der Waals surface area contributed by atoms with Crippen LogP contribution in [0.3, 0.4) is 0 Å². The Morgan fingerprint density at radius 2 is 1.91 bits per heavy atom. The summed E-state index contributed by atoms with van der Waals surface area (Å²) in [6.45, 7) is 2.01. The van der Waals surface area contributed by atoms with E-state index < -0.39 is 11.6 Å². The van der Waals surface area contributed by atoms with Gasteiger partial charge in [-0.05, 0) is 30.7 Å². The number of carbonyl (C=O) groups excluding carboxylic acids is 1. The Kier molecular flexibility index (Phi) is 4.79. The lowest BCUT2D eigenvalue weighted by Crippen LogP contribution is -2.44. The van der Waals surface area contributed by atoms with Gasteiger partial charge in [0, 0.05) is 28.9 Å². The molecule has 5 heterocycles. The van der Waals surface area contributed by atoms with E-state index in [1.807, 2.05) is 30.3 Å². The lowest BCUT2D eigenvalue weighted by Gasteiger charge is -2.31. The molecular weight excluding hydrogens is 408 g/mol. The number of cyclic esters (lactones) is 1. The molecule has 8 nitrogen and oxygen atoms in total. The molecule has 1 unspecified atom stereocenters. The van der Waals surface area contributed by atoms with Gasteiger partial charge in [-0.2, -0.15) is 0 Å². The van der Waals surface area contributed by atoms with Crippen LogP contribution in [0.2, 0.25) is 0 Å². The normalized spacial score (nSPS) is 18.1. The summed E-state index contributed by atoms with van der Waals surface area (Å²) in [4.78, 5) is 37.2. The third-order valence-electron chi connectivity index (χ3n) is 5.89. The highest BCUT2D eigenvalue weighted by molar-refractivity contribution is 5.86. The third kappa shape index (κ3) is 3.07. The lowest BCUT2D eigenvalue weighted by molar-refractivity contribution is -0.172. The Balaban J connectivity index is 0.000000314. The number of aliphatic hydroxyl groups is 1. The quantitative estimate of drug-likeness (QED) is 0.409. The molecule has 0 bridgehead atoms. The van der Waals surface area contributed by atoms with Crippen molar-refractivity contribution in [3.05, 3.63) is 88.2 Å². The number of benzene rings is 1. The molecule has 8 heteroatoms. The monoisotopic (exact) mass is 428 g/mol.